The standard InChI is InChI=1S/C48H48N4/c1-4-42-43-25-15-17-27-47(43)52(48(42)33-28-36(2)18-8-5-11-21-39-22-14-16-26-45(39)49)41-31-29-38(30-32-41)44(37-19-9-6-10-20-37)34-46(51-35-50-3)40-23-12-7-13-24-40/h4-14,16-20,22-24,26-34,44,50-51H,1-2,15,21,25,35,49H2,3H3/b11-5-,18-8-,33-28-,46-34-. The summed E-state index contributed by atoms with van der Waals surface area (Å²) in [5, 5.41) is 6.83. The van der Waals surface area contributed by atoms with Gasteiger partial charge in [-0.25, -0.2) is 0 Å². The van der Waals surface area contributed by atoms with Crippen molar-refractivity contribution in [2.45, 2.75) is 25.2 Å². The van der Waals surface area contributed by atoms with E-state index < -0.39 is 0 Å². The molecule has 1 unspecified atom stereocenters. The van der Waals surface area contributed by atoms with Crippen molar-refractivity contribution in [3.8, 4) is 5.69 Å². The van der Waals surface area contributed by atoms with Crippen LogP contribution < -0.4 is 16.4 Å². The summed E-state index contributed by atoms with van der Waals surface area (Å²) in [6, 6.07) is 38.2. The molecule has 1 aliphatic rings. The Morgan fingerprint density at radius 1 is 0.865 bits per heavy atom. The molecule has 1 aromatic heterocycles. The maximum atomic E-state index is 6.09. The number of aromatic nitrogens is 1. The summed E-state index contributed by atoms with van der Waals surface area (Å²) < 4.78 is 2.36. The van der Waals surface area contributed by atoms with Gasteiger partial charge in [-0.2, -0.15) is 0 Å². The number of hydrogen-bond acceptors (Lipinski definition) is 3. The molecule has 0 saturated heterocycles. The second-order valence-corrected chi connectivity index (χ2v) is 12.9. The van der Waals surface area contributed by atoms with Gasteiger partial charge in [-0.05, 0) is 96.1 Å². The fraction of sp³-hybridized carbons (Fsp3) is 0.125. The monoisotopic (exact) mass is 680 g/mol. The van der Waals surface area contributed by atoms with Crippen LogP contribution in [0.4, 0.5) is 5.69 Å². The summed E-state index contributed by atoms with van der Waals surface area (Å²) in [5.74, 6) is 0.0469. The summed E-state index contributed by atoms with van der Waals surface area (Å²) in [5.41, 5.74) is 19.6. The average molecular weight is 681 g/mol. The third-order valence-electron chi connectivity index (χ3n) is 9.38. The molecule has 6 rings (SSSR count). The van der Waals surface area contributed by atoms with E-state index in [0.717, 1.165) is 58.7 Å². The van der Waals surface area contributed by atoms with Gasteiger partial charge in [-0.1, -0.05) is 147 Å². The van der Waals surface area contributed by atoms with Crippen LogP contribution in [0, 0.1) is 0 Å². The number of nitrogens with two attached hydrogens (primary N) is 1. The van der Waals surface area contributed by atoms with Crippen molar-refractivity contribution in [1.29, 1.82) is 0 Å². The van der Waals surface area contributed by atoms with Crippen molar-refractivity contribution in [2.24, 2.45) is 0 Å². The second kappa shape index (κ2) is 17.7. The van der Waals surface area contributed by atoms with Gasteiger partial charge in [0.2, 0.25) is 0 Å². The number of fused-ring (bicyclic) bond motifs is 1. The molecular formula is C48H48N4. The topological polar surface area (TPSA) is 55.0 Å². The molecule has 5 aromatic rings. The van der Waals surface area contributed by atoms with Crippen molar-refractivity contribution < 1.29 is 0 Å². The number of rotatable bonds is 15. The Hall–Kier alpha value is -6.10. The lowest BCUT2D eigenvalue weighted by molar-refractivity contribution is 0.746. The van der Waals surface area contributed by atoms with Crippen LogP contribution in [0.1, 0.15) is 57.1 Å². The molecule has 52 heavy (non-hydrogen) atoms. The fourth-order valence-electron chi connectivity index (χ4n) is 6.72. The van der Waals surface area contributed by atoms with E-state index in [9.17, 15) is 0 Å². The number of para-hydroxylation sites is 1. The minimum absolute atomic E-state index is 0.0469. The maximum Gasteiger partial charge on any atom is 0.0650 e. The molecule has 1 heterocycles. The molecular weight excluding hydrogens is 633 g/mol. The van der Waals surface area contributed by atoms with Crippen LogP contribution in [0.15, 0.2) is 170 Å². The molecule has 0 aliphatic heterocycles. The smallest absolute Gasteiger partial charge is 0.0650 e. The Morgan fingerprint density at radius 3 is 2.31 bits per heavy atom. The zero-order valence-corrected chi connectivity index (χ0v) is 30.0. The van der Waals surface area contributed by atoms with E-state index in [2.05, 4.69) is 156 Å². The van der Waals surface area contributed by atoms with Crippen molar-refractivity contribution in [3.63, 3.8) is 0 Å². The summed E-state index contributed by atoms with van der Waals surface area (Å²) in [6.07, 6.45) is 24.1. The number of anilines is 1. The highest BCUT2D eigenvalue weighted by Gasteiger charge is 2.21. The van der Waals surface area contributed by atoms with E-state index in [1.807, 2.05) is 49.6 Å². The zero-order chi connectivity index (χ0) is 36.1. The molecule has 4 aromatic carbocycles. The first-order valence-corrected chi connectivity index (χ1v) is 18.0. The van der Waals surface area contributed by atoms with Crippen LogP contribution in [-0.4, -0.2) is 18.3 Å². The number of nitrogens with zero attached hydrogens (tertiary/aromatic N) is 1. The Balaban J connectivity index is 1.32. The van der Waals surface area contributed by atoms with Gasteiger partial charge in [0.1, 0.15) is 0 Å². The molecule has 0 bridgehead atoms. The Labute approximate surface area is 309 Å². The zero-order valence-electron chi connectivity index (χ0n) is 30.0. The third-order valence-corrected chi connectivity index (χ3v) is 9.38. The highest BCUT2D eigenvalue weighted by molar-refractivity contribution is 5.76. The van der Waals surface area contributed by atoms with E-state index >= 15 is 0 Å². The number of allylic oxidation sites excluding steroid dienone is 8. The van der Waals surface area contributed by atoms with E-state index in [0.29, 0.717) is 6.67 Å². The minimum atomic E-state index is 0.0469. The van der Waals surface area contributed by atoms with Gasteiger partial charge in [-0.15, -0.1) is 0 Å². The average Bonchev–Trinajstić information content (AvgIpc) is 3.51. The molecule has 0 saturated carbocycles. The lowest BCUT2D eigenvalue weighted by Crippen LogP contribution is -2.25. The summed E-state index contributed by atoms with van der Waals surface area (Å²) >= 11 is 0. The van der Waals surface area contributed by atoms with Crippen LogP contribution in [0.2, 0.25) is 0 Å². The van der Waals surface area contributed by atoms with Crippen molar-refractivity contribution in [2.75, 3.05) is 19.5 Å². The van der Waals surface area contributed by atoms with Crippen LogP contribution in [0.5, 0.6) is 0 Å². The number of nitrogen functional groups attached to an aromatic ring is 1. The first kappa shape index (κ1) is 35.7. The molecule has 0 radical (unpaired) electrons. The molecule has 0 fully saturated rings. The summed E-state index contributed by atoms with van der Waals surface area (Å²) in [4.78, 5) is 0. The molecule has 4 N–H and O–H groups in total. The van der Waals surface area contributed by atoms with Crippen molar-refractivity contribution >= 4 is 29.6 Å². The quantitative estimate of drug-likeness (QED) is 0.0586. The van der Waals surface area contributed by atoms with E-state index in [1.165, 1.54) is 27.9 Å². The minimum Gasteiger partial charge on any atom is -0.398 e. The SMILES string of the molecule is C=Cc1c2c(n(-c3ccc(C(/C=C(\NCNC)c4ccccc4)c4ccccc4)cc3)c1/C=C\C(=C)/C=C\C=C/Cc1ccccc1N)C=CCC2. The lowest BCUT2D eigenvalue weighted by Gasteiger charge is -2.20. The largest absolute Gasteiger partial charge is 0.398 e. The van der Waals surface area contributed by atoms with Gasteiger partial charge in [0.05, 0.1) is 12.4 Å². The van der Waals surface area contributed by atoms with Crippen LogP contribution in [-0.2, 0) is 12.8 Å². The van der Waals surface area contributed by atoms with Crippen LogP contribution in [0.3, 0.4) is 0 Å². The maximum absolute atomic E-state index is 6.09. The third kappa shape index (κ3) is 8.60. The molecule has 1 aliphatic carbocycles. The van der Waals surface area contributed by atoms with Crippen LogP contribution >= 0.6 is 0 Å². The molecule has 4 nitrogen and oxygen atoms in total. The normalized spacial score (nSPS) is 13.5. The Kier molecular flexibility index (Phi) is 12.2. The van der Waals surface area contributed by atoms with Gasteiger partial charge in [-0.3, -0.25) is 0 Å². The molecule has 0 spiro atoms. The van der Waals surface area contributed by atoms with Gasteiger partial charge in [0.15, 0.2) is 0 Å². The molecule has 0 amide bonds. The summed E-state index contributed by atoms with van der Waals surface area (Å²) in [7, 11) is 1.95. The predicted octanol–water partition coefficient (Wildman–Crippen LogP) is 10.5. The van der Waals surface area contributed by atoms with Crippen molar-refractivity contribution in [3.05, 3.63) is 215 Å². The summed E-state index contributed by atoms with van der Waals surface area (Å²) in [6.45, 7) is 9.21. The lowest BCUT2D eigenvalue weighted by atomic mass is 9.89. The highest BCUT2D eigenvalue weighted by Crippen LogP contribution is 2.35. The fourth-order valence-corrected chi connectivity index (χ4v) is 6.72. The van der Waals surface area contributed by atoms with Gasteiger partial charge in [0.25, 0.3) is 0 Å². The first-order chi connectivity index (χ1) is 25.6. The second-order valence-electron chi connectivity index (χ2n) is 12.9. The highest BCUT2D eigenvalue weighted by atomic mass is 15.0. The van der Waals surface area contributed by atoms with Gasteiger partial charge in [0, 0.05) is 34.2 Å². The van der Waals surface area contributed by atoms with Crippen molar-refractivity contribution in [1.82, 2.24) is 15.2 Å². The molecule has 260 valence electrons. The van der Waals surface area contributed by atoms with Crippen LogP contribution in [0.25, 0.3) is 29.6 Å². The predicted molar refractivity (Wildman–Crippen MR) is 224 cm³/mol. The van der Waals surface area contributed by atoms with E-state index in [-0.39, 0.29) is 5.92 Å². The van der Waals surface area contributed by atoms with Gasteiger partial charge >= 0.3 is 0 Å². The molecule has 1 atom stereocenters. The Morgan fingerprint density at radius 2 is 1.58 bits per heavy atom. The van der Waals surface area contributed by atoms with E-state index in [4.69, 9.17) is 5.73 Å². The molecule has 4 heteroatoms. The number of hydrogen-bond donors (Lipinski definition) is 3. The van der Waals surface area contributed by atoms with E-state index in [1.54, 1.807) is 0 Å². The first-order valence-electron chi connectivity index (χ1n) is 18.0. The number of benzene rings is 4. The Bertz CT molecular complexity index is 2120. The van der Waals surface area contributed by atoms with Gasteiger partial charge < -0.3 is 20.9 Å². The number of nitrogens with one attached hydrogen (secondary N) is 2.